The lowest BCUT2D eigenvalue weighted by Crippen LogP contribution is -2.27. The lowest BCUT2D eigenvalue weighted by atomic mass is 10.1. The number of amides is 2. The van der Waals surface area contributed by atoms with Gasteiger partial charge in [0.05, 0.1) is 36.7 Å². The second kappa shape index (κ2) is 8.64. The summed E-state index contributed by atoms with van der Waals surface area (Å²) >= 11 is 0. The fourth-order valence-electron chi connectivity index (χ4n) is 2.84. The van der Waals surface area contributed by atoms with Crippen LogP contribution in [0.5, 0.6) is 0 Å². The molecule has 0 atom stereocenters. The van der Waals surface area contributed by atoms with Gasteiger partial charge in [0, 0.05) is 7.05 Å². The molecule has 0 aliphatic carbocycles. The van der Waals surface area contributed by atoms with E-state index in [1.807, 2.05) is 0 Å². The summed E-state index contributed by atoms with van der Waals surface area (Å²) in [4.78, 5) is 38.2. The quantitative estimate of drug-likeness (QED) is 0.618. The summed E-state index contributed by atoms with van der Waals surface area (Å²) in [5.41, 5.74) is 0.603. The molecule has 1 aromatic carbocycles. The van der Waals surface area contributed by atoms with Crippen molar-refractivity contribution >= 4 is 23.5 Å². The molecule has 0 spiro atoms. The van der Waals surface area contributed by atoms with Crippen molar-refractivity contribution in [3.8, 4) is 0 Å². The maximum Gasteiger partial charge on any atom is 0.341 e. The predicted octanol–water partition coefficient (Wildman–Crippen LogP) is 3.63. The van der Waals surface area contributed by atoms with Crippen LogP contribution in [0, 0.1) is 12.7 Å². The standard InChI is InChI=1S/C21H19FN2O6/c1-12-17(21(27)28-3)9-15(30-12)10-24(2)20(26)16-5-4-14(22)8-18(16)23-19(25)13-6-7-29-11-13/h4-9,11H,10H2,1-3H3,(H,23,25). The summed E-state index contributed by atoms with van der Waals surface area (Å²) < 4.78 is 28.8. The van der Waals surface area contributed by atoms with Gasteiger partial charge in [0.25, 0.3) is 11.8 Å². The lowest BCUT2D eigenvalue weighted by Gasteiger charge is -2.18. The van der Waals surface area contributed by atoms with Crippen LogP contribution in [0.15, 0.2) is 51.7 Å². The van der Waals surface area contributed by atoms with Crippen LogP contribution in [0.4, 0.5) is 10.1 Å². The van der Waals surface area contributed by atoms with E-state index in [0.29, 0.717) is 11.5 Å². The van der Waals surface area contributed by atoms with Gasteiger partial charge in [-0.15, -0.1) is 0 Å². The van der Waals surface area contributed by atoms with Crippen molar-refractivity contribution < 1.29 is 32.3 Å². The predicted molar refractivity (Wildman–Crippen MR) is 104 cm³/mol. The fraction of sp³-hybridized carbons (Fsp3) is 0.190. The Morgan fingerprint density at radius 3 is 2.60 bits per heavy atom. The molecule has 1 N–H and O–H groups in total. The number of rotatable bonds is 6. The third-order valence-electron chi connectivity index (χ3n) is 4.36. The van der Waals surface area contributed by atoms with Crippen molar-refractivity contribution in [3.63, 3.8) is 0 Å². The molecule has 0 unspecified atom stereocenters. The molecule has 9 heteroatoms. The summed E-state index contributed by atoms with van der Waals surface area (Å²) in [6.07, 6.45) is 2.56. The summed E-state index contributed by atoms with van der Waals surface area (Å²) in [6.45, 7) is 1.66. The van der Waals surface area contributed by atoms with Crippen molar-refractivity contribution in [2.75, 3.05) is 19.5 Å². The Balaban J connectivity index is 1.80. The van der Waals surface area contributed by atoms with Crippen molar-refractivity contribution in [1.82, 2.24) is 4.90 Å². The van der Waals surface area contributed by atoms with Crippen molar-refractivity contribution in [3.05, 3.63) is 76.9 Å². The van der Waals surface area contributed by atoms with E-state index in [1.165, 1.54) is 49.8 Å². The molecule has 0 aliphatic heterocycles. The molecule has 0 aliphatic rings. The van der Waals surface area contributed by atoms with Gasteiger partial charge in [-0.3, -0.25) is 9.59 Å². The molecular formula is C21H19FN2O6. The number of nitrogens with zero attached hydrogens (tertiary/aromatic N) is 1. The average molecular weight is 414 g/mol. The van der Waals surface area contributed by atoms with E-state index in [9.17, 15) is 18.8 Å². The number of hydrogen-bond donors (Lipinski definition) is 1. The van der Waals surface area contributed by atoms with Crippen LogP contribution in [0.3, 0.4) is 0 Å². The van der Waals surface area contributed by atoms with Gasteiger partial charge in [-0.2, -0.15) is 0 Å². The van der Waals surface area contributed by atoms with E-state index in [0.717, 1.165) is 12.1 Å². The number of halogens is 1. The van der Waals surface area contributed by atoms with Crippen LogP contribution < -0.4 is 5.32 Å². The first-order valence-corrected chi connectivity index (χ1v) is 8.86. The largest absolute Gasteiger partial charge is 0.472 e. The minimum absolute atomic E-state index is 0.0175. The van der Waals surface area contributed by atoms with E-state index in [2.05, 4.69) is 10.1 Å². The molecule has 0 fully saturated rings. The summed E-state index contributed by atoms with van der Waals surface area (Å²) in [5, 5.41) is 2.52. The summed E-state index contributed by atoms with van der Waals surface area (Å²) in [5.74, 6) is -1.44. The first-order chi connectivity index (χ1) is 14.3. The first kappa shape index (κ1) is 20.8. The van der Waals surface area contributed by atoms with Gasteiger partial charge >= 0.3 is 5.97 Å². The Morgan fingerprint density at radius 1 is 1.17 bits per heavy atom. The van der Waals surface area contributed by atoms with Crippen LogP contribution in [0.25, 0.3) is 0 Å². The van der Waals surface area contributed by atoms with E-state index in [-0.39, 0.29) is 28.9 Å². The highest BCUT2D eigenvalue weighted by Crippen LogP contribution is 2.22. The van der Waals surface area contributed by atoms with Gasteiger partial charge in [-0.25, -0.2) is 9.18 Å². The zero-order chi connectivity index (χ0) is 21.8. The molecule has 8 nitrogen and oxygen atoms in total. The van der Waals surface area contributed by atoms with Crippen molar-refractivity contribution in [2.24, 2.45) is 0 Å². The third kappa shape index (κ3) is 4.40. The van der Waals surface area contributed by atoms with Gasteiger partial charge in [0.15, 0.2) is 0 Å². The highest BCUT2D eigenvalue weighted by atomic mass is 19.1. The van der Waals surface area contributed by atoms with Crippen molar-refractivity contribution in [2.45, 2.75) is 13.5 Å². The number of methoxy groups -OCH3 is 1. The zero-order valence-electron chi connectivity index (χ0n) is 16.5. The normalized spacial score (nSPS) is 10.5. The SMILES string of the molecule is COC(=O)c1cc(CN(C)C(=O)c2ccc(F)cc2NC(=O)c2ccoc2)oc1C. The molecule has 0 saturated heterocycles. The number of furan rings is 2. The van der Waals surface area contributed by atoms with E-state index < -0.39 is 23.6 Å². The molecule has 156 valence electrons. The zero-order valence-corrected chi connectivity index (χ0v) is 16.5. The third-order valence-corrected chi connectivity index (χ3v) is 4.36. The Morgan fingerprint density at radius 2 is 1.93 bits per heavy atom. The molecule has 0 radical (unpaired) electrons. The smallest absolute Gasteiger partial charge is 0.341 e. The Labute approximate surface area is 171 Å². The number of carbonyl (C=O) groups is 3. The Hall–Kier alpha value is -3.88. The average Bonchev–Trinajstić information content (AvgIpc) is 3.37. The Bertz CT molecular complexity index is 1090. The monoisotopic (exact) mass is 414 g/mol. The molecule has 2 amide bonds. The second-order valence-corrected chi connectivity index (χ2v) is 6.49. The van der Waals surface area contributed by atoms with E-state index in [4.69, 9.17) is 8.83 Å². The topological polar surface area (TPSA) is 102 Å². The molecule has 0 saturated carbocycles. The van der Waals surface area contributed by atoms with Gasteiger partial charge < -0.3 is 23.8 Å². The molecular weight excluding hydrogens is 395 g/mol. The molecule has 3 rings (SSSR count). The van der Waals surface area contributed by atoms with Gasteiger partial charge in [0.1, 0.15) is 29.2 Å². The number of benzene rings is 1. The van der Waals surface area contributed by atoms with Crippen LogP contribution in [0.2, 0.25) is 0 Å². The van der Waals surface area contributed by atoms with Crippen LogP contribution in [0.1, 0.15) is 42.6 Å². The minimum atomic E-state index is -0.610. The maximum absolute atomic E-state index is 13.8. The minimum Gasteiger partial charge on any atom is -0.472 e. The van der Waals surface area contributed by atoms with Crippen molar-refractivity contribution in [1.29, 1.82) is 0 Å². The number of carbonyl (C=O) groups excluding carboxylic acids is 3. The number of aryl methyl sites for hydroxylation is 1. The van der Waals surface area contributed by atoms with Gasteiger partial charge in [-0.1, -0.05) is 0 Å². The number of anilines is 1. The Kier molecular flexibility index (Phi) is 6.01. The lowest BCUT2D eigenvalue weighted by molar-refractivity contribution is 0.0598. The number of esters is 1. The summed E-state index contributed by atoms with van der Waals surface area (Å²) in [6, 6.07) is 6.41. The maximum atomic E-state index is 13.8. The highest BCUT2D eigenvalue weighted by Gasteiger charge is 2.22. The van der Waals surface area contributed by atoms with Crippen LogP contribution in [-0.4, -0.2) is 36.8 Å². The van der Waals surface area contributed by atoms with Crippen LogP contribution in [-0.2, 0) is 11.3 Å². The van der Waals surface area contributed by atoms with Gasteiger partial charge in [-0.05, 0) is 37.3 Å². The molecule has 2 heterocycles. The summed E-state index contributed by atoms with van der Waals surface area (Å²) in [7, 11) is 2.78. The molecule has 3 aromatic rings. The number of hydrogen-bond acceptors (Lipinski definition) is 6. The second-order valence-electron chi connectivity index (χ2n) is 6.49. The van der Waals surface area contributed by atoms with E-state index >= 15 is 0 Å². The molecule has 0 bridgehead atoms. The fourth-order valence-corrected chi connectivity index (χ4v) is 2.84. The number of nitrogens with one attached hydrogen (secondary N) is 1. The van der Waals surface area contributed by atoms with E-state index in [1.54, 1.807) is 6.92 Å². The highest BCUT2D eigenvalue weighted by molar-refractivity contribution is 6.08. The first-order valence-electron chi connectivity index (χ1n) is 8.86. The molecule has 2 aromatic heterocycles. The van der Waals surface area contributed by atoms with Gasteiger partial charge in [0.2, 0.25) is 0 Å². The molecule has 30 heavy (non-hydrogen) atoms. The number of ether oxygens (including phenoxy) is 1. The van der Waals surface area contributed by atoms with Crippen LogP contribution >= 0.6 is 0 Å².